The van der Waals surface area contributed by atoms with Gasteiger partial charge in [-0.05, 0) is 12.0 Å². The SMILES string of the molecule is CC(C)C(NC(=O)OCc1cccnc1)C(=O)O.[LiH]. The summed E-state index contributed by atoms with van der Waals surface area (Å²) < 4.78 is 4.91. The molecule has 0 spiro atoms. The molecule has 1 heterocycles. The predicted octanol–water partition coefficient (Wildman–Crippen LogP) is 0.768. The topological polar surface area (TPSA) is 88.5 Å². The first-order valence-electron chi connectivity index (χ1n) is 5.55. The van der Waals surface area contributed by atoms with Gasteiger partial charge in [0.1, 0.15) is 12.6 Å². The maximum atomic E-state index is 11.4. The van der Waals surface area contributed by atoms with Crippen LogP contribution in [-0.2, 0) is 16.1 Å². The quantitative estimate of drug-likeness (QED) is 0.763. The molecule has 1 amide bonds. The van der Waals surface area contributed by atoms with Gasteiger partial charge in [0.2, 0.25) is 0 Å². The zero-order valence-corrected chi connectivity index (χ0v) is 10.3. The second-order valence-corrected chi connectivity index (χ2v) is 4.14. The monoisotopic (exact) mass is 260 g/mol. The zero-order chi connectivity index (χ0) is 13.5. The number of carbonyl (C=O) groups is 2. The first kappa shape index (κ1) is 17.5. The van der Waals surface area contributed by atoms with Crippen molar-refractivity contribution in [2.45, 2.75) is 26.5 Å². The third kappa shape index (κ3) is 6.27. The van der Waals surface area contributed by atoms with Gasteiger partial charge in [-0.1, -0.05) is 19.9 Å². The van der Waals surface area contributed by atoms with E-state index < -0.39 is 18.1 Å². The number of ether oxygens (including phenoxy) is 1. The Balaban J connectivity index is 0.00000324. The van der Waals surface area contributed by atoms with E-state index in [1.807, 2.05) is 0 Å². The van der Waals surface area contributed by atoms with Crippen molar-refractivity contribution in [1.29, 1.82) is 0 Å². The van der Waals surface area contributed by atoms with Gasteiger partial charge in [0.25, 0.3) is 0 Å². The van der Waals surface area contributed by atoms with E-state index in [1.54, 1.807) is 38.4 Å². The van der Waals surface area contributed by atoms with E-state index in [9.17, 15) is 9.59 Å². The zero-order valence-electron chi connectivity index (χ0n) is 10.3. The van der Waals surface area contributed by atoms with Gasteiger partial charge in [-0.25, -0.2) is 9.59 Å². The number of hydrogen-bond acceptors (Lipinski definition) is 4. The Morgan fingerprint density at radius 3 is 2.63 bits per heavy atom. The van der Waals surface area contributed by atoms with Gasteiger partial charge >= 0.3 is 30.9 Å². The van der Waals surface area contributed by atoms with Crippen molar-refractivity contribution < 1.29 is 19.4 Å². The van der Waals surface area contributed by atoms with Crippen LogP contribution in [-0.4, -0.2) is 47.1 Å². The number of pyridine rings is 1. The van der Waals surface area contributed by atoms with Gasteiger partial charge in [-0.3, -0.25) is 4.98 Å². The minimum atomic E-state index is -1.08. The number of nitrogens with one attached hydrogen (secondary N) is 1. The van der Waals surface area contributed by atoms with E-state index in [4.69, 9.17) is 9.84 Å². The molecule has 1 atom stereocenters. The fourth-order valence-electron chi connectivity index (χ4n) is 1.31. The third-order valence-corrected chi connectivity index (χ3v) is 2.30. The molecule has 0 aromatic carbocycles. The van der Waals surface area contributed by atoms with Crippen LogP contribution in [0.3, 0.4) is 0 Å². The van der Waals surface area contributed by atoms with E-state index in [2.05, 4.69) is 10.3 Å². The second-order valence-electron chi connectivity index (χ2n) is 4.14. The van der Waals surface area contributed by atoms with E-state index in [1.165, 1.54) is 0 Å². The molecule has 1 unspecified atom stereocenters. The molecule has 0 bridgehead atoms. The fraction of sp³-hybridized carbons (Fsp3) is 0.417. The van der Waals surface area contributed by atoms with Crippen molar-refractivity contribution in [2.24, 2.45) is 5.92 Å². The van der Waals surface area contributed by atoms with Crippen molar-refractivity contribution in [1.82, 2.24) is 10.3 Å². The molecule has 1 rings (SSSR count). The molecule has 2 N–H and O–H groups in total. The average molecular weight is 260 g/mol. The number of amides is 1. The Hall–Kier alpha value is -1.51. The summed E-state index contributed by atoms with van der Waals surface area (Å²) in [5, 5.41) is 11.2. The van der Waals surface area contributed by atoms with Crippen LogP contribution in [0.25, 0.3) is 0 Å². The molecular formula is C12H17LiN2O4. The number of carboxylic acids is 1. The first-order chi connectivity index (χ1) is 8.50. The molecule has 6 nitrogen and oxygen atoms in total. The molecule has 0 fully saturated rings. The summed E-state index contributed by atoms with van der Waals surface area (Å²) >= 11 is 0. The molecule has 0 aliphatic carbocycles. The van der Waals surface area contributed by atoms with Gasteiger partial charge in [0, 0.05) is 18.0 Å². The normalized spacial score (nSPS) is 11.3. The molecule has 100 valence electrons. The van der Waals surface area contributed by atoms with Crippen molar-refractivity contribution in [3.63, 3.8) is 0 Å². The number of aromatic nitrogens is 1. The number of carboxylic acid groups (broad SMARTS) is 1. The van der Waals surface area contributed by atoms with Crippen LogP contribution in [0.4, 0.5) is 4.79 Å². The van der Waals surface area contributed by atoms with E-state index >= 15 is 0 Å². The Labute approximate surface area is 123 Å². The van der Waals surface area contributed by atoms with Crippen molar-refractivity contribution in [3.05, 3.63) is 30.1 Å². The number of nitrogens with zero attached hydrogens (tertiary/aromatic N) is 1. The van der Waals surface area contributed by atoms with Crippen molar-refractivity contribution in [2.75, 3.05) is 0 Å². The first-order valence-corrected chi connectivity index (χ1v) is 5.55. The van der Waals surface area contributed by atoms with Crippen LogP contribution >= 0.6 is 0 Å². The van der Waals surface area contributed by atoms with Gasteiger partial charge in [-0.15, -0.1) is 0 Å². The molecule has 0 aliphatic heterocycles. The van der Waals surface area contributed by atoms with Crippen LogP contribution in [0.5, 0.6) is 0 Å². The molecule has 0 radical (unpaired) electrons. The summed E-state index contributed by atoms with van der Waals surface area (Å²) in [6.45, 7) is 3.48. The molecule has 1 aromatic rings. The average Bonchev–Trinajstić information content (AvgIpc) is 2.34. The molecule has 7 heteroatoms. The number of carbonyl (C=O) groups excluding carboxylic acids is 1. The van der Waals surface area contributed by atoms with Crippen molar-refractivity contribution >= 4 is 30.9 Å². The summed E-state index contributed by atoms with van der Waals surface area (Å²) in [6, 6.07) is 2.54. The fourth-order valence-corrected chi connectivity index (χ4v) is 1.31. The van der Waals surface area contributed by atoms with Crippen molar-refractivity contribution in [3.8, 4) is 0 Å². The summed E-state index contributed by atoms with van der Waals surface area (Å²) in [5.74, 6) is -1.29. The Bertz CT molecular complexity index is 411. The van der Waals surface area contributed by atoms with Crippen LogP contribution in [0.15, 0.2) is 24.5 Å². The number of hydrogen-bond donors (Lipinski definition) is 2. The summed E-state index contributed by atoms with van der Waals surface area (Å²) in [6.07, 6.45) is 2.44. The van der Waals surface area contributed by atoms with E-state index in [0.29, 0.717) is 0 Å². The molecule has 0 saturated heterocycles. The van der Waals surface area contributed by atoms with Gasteiger partial charge in [0.15, 0.2) is 0 Å². The third-order valence-electron chi connectivity index (χ3n) is 2.30. The Kier molecular flexibility index (Phi) is 7.88. The number of rotatable bonds is 5. The standard InChI is InChI=1S/C12H16N2O4.Li.H/c1-8(2)10(11(15)16)14-12(17)18-7-9-4-3-5-13-6-9;;/h3-6,8,10H,7H2,1-2H3,(H,14,17)(H,15,16);;. The van der Waals surface area contributed by atoms with Crippen LogP contribution in [0.1, 0.15) is 19.4 Å². The van der Waals surface area contributed by atoms with E-state index in [-0.39, 0.29) is 31.4 Å². The van der Waals surface area contributed by atoms with E-state index in [0.717, 1.165) is 5.56 Å². The van der Waals surface area contributed by atoms with Gasteiger partial charge < -0.3 is 15.2 Å². The molecule has 19 heavy (non-hydrogen) atoms. The number of alkyl carbamates (subject to hydrolysis) is 1. The minimum absolute atomic E-state index is 0. The predicted molar refractivity (Wildman–Crippen MR) is 71.0 cm³/mol. The Morgan fingerprint density at radius 2 is 2.16 bits per heavy atom. The van der Waals surface area contributed by atoms with Crippen LogP contribution in [0, 0.1) is 5.92 Å². The maximum absolute atomic E-state index is 11.4. The van der Waals surface area contributed by atoms with Gasteiger partial charge in [-0.2, -0.15) is 0 Å². The number of aliphatic carboxylic acids is 1. The van der Waals surface area contributed by atoms with Crippen LogP contribution < -0.4 is 5.32 Å². The molecular weight excluding hydrogens is 243 g/mol. The molecule has 0 aliphatic rings. The molecule has 0 saturated carbocycles. The Morgan fingerprint density at radius 1 is 1.47 bits per heavy atom. The van der Waals surface area contributed by atoms with Gasteiger partial charge in [0.05, 0.1) is 0 Å². The second kappa shape index (κ2) is 8.57. The summed E-state index contributed by atoms with van der Waals surface area (Å²) in [4.78, 5) is 26.2. The summed E-state index contributed by atoms with van der Waals surface area (Å²) in [5.41, 5.74) is 0.740. The summed E-state index contributed by atoms with van der Waals surface area (Å²) in [7, 11) is 0. The molecule has 1 aromatic heterocycles. The van der Waals surface area contributed by atoms with Crippen LogP contribution in [0.2, 0.25) is 0 Å².